The van der Waals surface area contributed by atoms with Crippen LogP contribution in [0.2, 0.25) is 0 Å². The molecule has 1 aliphatic rings. The summed E-state index contributed by atoms with van der Waals surface area (Å²) >= 11 is 0. The number of benzene rings is 2. The molecule has 1 atom stereocenters. The zero-order valence-electron chi connectivity index (χ0n) is 17.1. The van der Waals surface area contributed by atoms with Crippen LogP contribution < -0.4 is 4.74 Å². The van der Waals surface area contributed by atoms with Gasteiger partial charge in [-0.1, -0.05) is 42.5 Å². The number of piperidine rings is 1. The second kappa shape index (κ2) is 9.66. The summed E-state index contributed by atoms with van der Waals surface area (Å²) in [5.41, 5.74) is 4.51. The average Bonchev–Trinajstić information content (AvgIpc) is 2.80. The highest BCUT2D eigenvalue weighted by Crippen LogP contribution is 2.35. The lowest BCUT2D eigenvalue weighted by Gasteiger charge is -2.33. The summed E-state index contributed by atoms with van der Waals surface area (Å²) in [5.74, 6) is 1.26. The summed E-state index contributed by atoms with van der Waals surface area (Å²) in [7, 11) is 1.71. The van der Waals surface area contributed by atoms with E-state index in [0.717, 1.165) is 48.6 Å². The number of para-hydroxylation sites is 1. The molecule has 0 radical (unpaired) electrons. The third kappa shape index (κ3) is 4.83. The summed E-state index contributed by atoms with van der Waals surface area (Å²) < 4.78 is 5.58. The third-order valence-corrected chi connectivity index (χ3v) is 5.76. The molecule has 0 aliphatic carbocycles. The van der Waals surface area contributed by atoms with Crippen molar-refractivity contribution in [2.24, 2.45) is 0 Å². The number of ether oxygens (including phenoxy) is 1. The number of aromatic nitrogens is 2. The first-order valence-electron chi connectivity index (χ1n) is 10.6. The van der Waals surface area contributed by atoms with Gasteiger partial charge in [0.25, 0.3) is 0 Å². The molecule has 1 fully saturated rings. The molecule has 1 aliphatic heterocycles. The van der Waals surface area contributed by atoms with Crippen LogP contribution in [0.1, 0.15) is 36.4 Å². The molecule has 1 aromatic heterocycles. The standard InChI is InChI=1S/C25H29N3O/c1-29-23-14-6-5-13-22(23)25-24(26-15-16-27-25)21-12-8-18-28(19-21)17-7-11-20-9-3-2-4-10-20/h2-6,9-10,13-16,21H,7-8,11-12,17-19H2,1H3/t21-/m1/s1. The van der Waals surface area contributed by atoms with Gasteiger partial charge in [0.15, 0.2) is 0 Å². The van der Waals surface area contributed by atoms with Crippen LogP contribution in [0.5, 0.6) is 5.75 Å². The van der Waals surface area contributed by atoms with Crippen LogP contribution in [0.15, 0.2) is 67.0 Å². The van der Waals surface area contributed by atoms with Gasteiger partial charge in [0.2, 0.25) is 0 Å². The van der Waals surface area contributed by atoms with Crippen LogP contribution in [0.3, 0.4) is 0 Å². The maximum absolute atomic E-state index is 5.58. The van der Waals surface area contributed by atoms with Gasteiger partial charge in [0.05, 0.1) is 18.5 Å². The lowest BCUT2D eigenvalue weighted by Crippen LogP contribution is -2.35. The Kier molecular flexibility index (Phi) is 6.52. The molecule has 4 rings (SSSR count). The Labute approximate surface area is 173 Å². The number of aryl methyl sites for hydroxylation is 1. The topological polar surface area (TPSA) is 38.3 Å². The molecule has 29 heavy (non-hydrogen) atoms. The van der Waals surface area contributed by atoms with Crippen molar-refractivity contribution in [2.45, 2.75) is 31.6 Å². The average molecular weight is 388 g/mol. The fourth-order valence-corrected chi connectivity index (χ4v) is 4.33. The highest BCUT2D eigenvalue weighted by Gasteiger charge is 2.26. The molecule has 3 aromatic rings. The first kappa shape index (κ1) is 19.6. The van der Waals surface area contributed by atoms with E-state index in [1.54, 1.807) is 13.3 Å². The van der Waals surface area contributed by atoms with Crippen molar-refractivity contribution in [3.05, 3.63) is 78.2 Å². The molecule has 1 saturated heterocycles. The number of nitrogens with zero attached hydrogens (tertiary/aromatic N) is 3. The second-order valence-corrected chi connectivity index (χ2v) is 7.72. The number of hydrogen-bond donors (Lipinski definition) is 0. The molecule has 0 saturated carbocycles. The van der Waals surface area contributed by atoms with E-state index in [2.05, 4.69) is 41.3 Å². The lowest BCUT2D eigenvalue weighted by atomic mass is 9.91. The van der Waals surface area contributed by atoms with Gasteiger partial charge in [0.1, 0.15) is 5.75 Å². The Balaban J connectivity index is 1.46. The Morgan fingerprint density at radius 3 is 2.66 bits per heavy atom. The fourth-order valence-electron chi connectivity index (χ4n) is 4.33. The molecule has 0 unspecified atom stereocenters. The largest absolute Gasteiger partial charge is 0.496 e. The predicted molar refractivity (Wildman–Crippen MR) is 117 cm³/mol. The molecule has 0 spiro atoms. The van der Waals surface area contributed by atoms with E-state index < -0.39 is 0 Å². The summed E-state index contributed by atoms with van der Waals surface area (Å²) in [4.78, 5) is 12.1. The van der Waals surface area contributed by atoms with E-state index in [-0.39, 0.29) is 0 Å². The molecule has 2 aromatic carbocycles. The van der Waals surface area contributed by atoms with E-state index >= 15 is 0 Å². The van der Waals surface area contributed by atoms with Crippen LogP contribution >= 0.6 is 0 Å². The summed E-state index contributed by atoms with van der Waals surface area (Å²) in [6.45, 7) is 3.36. The quantitative estimate of drug-likeness (QED) is 0.574. The number of methoxy groups -OCH3 is 1. The Hall–Kier alpha value is -2.72. The smallest absolute Gasteiger partial charge is 0.128 e. The van der Waals surface area contributed by atoms with Crippen molar-refractivity contribution in [2.75, 3.05) is 26.7 Å². The molecule has 4 nitrogen and oxygen atoms in total. The van der Waals surface area contributed by atoms with Gasteiger partial charge in [-0.25, -0.2) is 0 Å². The highest BCUT2D eigenvalue weighted by molar-refractivity contribution is 5.69. The van der Waals surface area contributed by atoms with Gasteiger partial charge in [-0.15, -0.1) is 0 Å². The van der Waals surface area contributed by atoms with Crippen LogP contribution in [0.4, 0.5) is 0 Å². The number of rotatable bonds is 7. The number of hydrogen-bond acceptors (Lipinski definition) is 4. The first-order chi connectivity index (χ1) is 14.3. The SMILES string of the molecule is COc1ccccc1-c1nccnc1[C@@H]1CCCN(CCCc2ccccc2)C1. The zero-order chi connectivity index (χ0) is 19.9. The summed E-state index contributed by atoms with van der Waals surface area (Å²) in [6, 6.07) is 18.9. The van der Waals surface area contributed by atoms with Gasteiger partial charge >= 0.3 is 0 Å². The molecular weight excluding hydrogens is 358 g/mol. The van der Waals surface area contributed by atoms with Gasteiger partial charge in [-0.05, 0) is 56.5 Å². The van der Waals surface area contributed by atoms with E-state index in [1.165, 1.54) is 24.9 Å². The van der Waals surface area contributed by atoms with Crippen molar-refractivity contribution in [1.29, 1.82) is 0 Å². The minimum Gasteiger partial charge on any atom is -0.496 e. The van der Waals surface area contributed by atoms with Gasteiger partial charge in [-0.3, -0.25) is 9.97 Å². The van der Waals surface area contributed by atoms with Crippen molar-refractivity contribution < 1.29 is 4.74 Å². The maximum Gasteiger partial charge on any atom is 0.128 e. The fraction of sp³-hybridized carbons (Fsp3) is 0.360. The Morgan fingerprint density at radius 1 is 1.00 bits per heavy atom. The monoisotopic (exact) mass is 387 g/mol. The maximum atomic E-state index is 5.58. The highest BCUT2D eigenvalue weighted by atomic mass is 16.5. The third-order valence-electron chi connectivity index (χ3n) is 5.76. The summed E-state index contributed by atoms with van der Waals surface area (Å²) in [5, 5.41) is 0. The predicted octanol–water partition coefficient (Wildman–Crippen LogP) is 4.96. The minimum atomic E-state index is 0.411. The normalized spacial score (nSPS) is 17.2. The van der Waals surface area contributed by atoms with Crippen molar-refractivity contribution in [3.63, 3.8) is 0 Å². The minimum absolute atomic E-state index is 0.411. The number of likely N-dealkylation sites (tertiary alicyclic amines) is 1. The first-order valence-corrected chi connectivity index (χ1v) is 10.6. The van der Waals surface area contributed by atoms with E-state index in [9.17, 15) is 0 Å². The van der Waals surface area contributed by atoms with Crippen molar-refractivity contribution in [1.82, 2.24) is 14.9 Å². The van der Waals surface area contributed by atoms with E-state index in [4.69, 9.17) is 14.7 Å². The van der Waals surface area contributed by atoms with Gasteiger partial charge in [0, 0.05) is 30.4 Å². The van der Waals surface area contributed by atoms with E-state index in [1.807, 2.05) is 24.4 Å². The van der Waals surface area contributed by atoms with Crippen LogP contribution in [0, 0.1) is 0 Å². The molecule has 4 heteroatoms. The van der Waals surface area contributed by atoms with Crippen LogP contribution in [-0.2, 0) is 6.42 Å². The van der Waals surface area contributed by atoms with Gasteiger partial charge < -0.3 is 9.64 Å². The van der Waals surface area contributed by atoms with Crippen LogP contribution in [0.25, 0.3) is 11.3 Å². The molecule has 2 heterocycles. The van der Waals surface area contributed by atoms with E-state index in [0.29, 0.717) is 5.92 Å². The van der Waals surface area contributed by atoms with Gasteiger partial charge in [-0.2, -0.15) is 0 Å². The molecular formula is C25H29N3O. The van der Waals surface area contributed by atoms with Crippen molar-refractivity contribution in [3.8, 4) is 17.0 Å². The molecule has 0 bridgehead atoms. The Morgan fingerprint density at radius 2 is 1.79 bits per heavy atom. The second-order valence-electron chi connectivity index (χ2n) is 7.72. The summed E-state index contributed by atoms with van der Waals surface area (Å²) in [6.07, 6.45) is 8.30. The molecule has 150 valence electrons. The molecule has 0 amide bonds. The molecule has 0 N–H and O–H groups in total. The van der Waals surface area contributed by atoms with Crippen molar-refractivity contribution >= 4 is 0 Å². The Bertz CT molecular complexity index is 913. The lowest BCUT2D eigenvalue weighted by molar-refractivity contribution is 0.204. The van der Waals surface area contributed by atoms with Crippen LogP contribution in [-0.4, -0.2) is 41.6 Å². The zero-order valence-corrected chi connectivity index (χ0v) is 17.1.